The van der Waals surface area contributed by atoms with Crippen molar-refractivity contribution in [2.24, 2.45) is 4.99 Å². The maximum absolute atomic E-state index is 13.3. The van der Waals surface area contributed by atoms with Crippen LogP contribution in [0.2, 0.25) is 0 Å². The Kier molecular flexibility index (Phi) is 5.58. The molecular formula is C19H14Br2FNO3. The number of carbonyl (C=O) groups excluding carboxylic acids is 1. The Balaban J connectivity index is 1.93. The van der Waals surface area contributed by atoms with E-state index in [4.69, 9.17) is 9.47 Å². The highest BCUT2D eigenvalue weighted by Gasteiger charge is 2.24. The lowest BCUT2D eigenvalue weighted by molar-refractivity contribution is -0.129. The number of nitrogens with zero attached hydrogens (tertiary/aromatic N) is 1. The molecule has 7 heteroatoms. The van der Waals surface area contributed by atoms with Gasteiger partial charge in [-0.3, -0.25) is 0 Å². The second-order valence-corrected chi connectivity index (χ2v) is 7.54. The number of hydrogen-bond acceptors (Lipinski definition) is 4. The summed E-state index contributed by atoms with van der Waals surface area (Å²) in [4.78, 5) is 16.3. The lowest BCUT2D eigenvalue weighted by atomic mass is 10.2. The minimum atomic E-state index is -0.584. The zero-order valence-electron chi connectivity index (χ0n) is 13.9. The molecule has 0 bridgehead atoms. The molecule has 0 saturated heterocycles. The average molecular weight is 483 g/mol. The van der Waals surface area contributed by atoms with Gasteiger partial charge in [-0.25, -0.2) is 14.2 Å². The number of ether oxygens (including phenoxy) is 2. The van der Waals surface area contributed by atoms with Crippen LogP contribution in [0.25, 0.3) is 6.08 Å². The van der Waals surface area contributed by atoms with Gasteiger partial charge in [0, 0.05) is 5.56 Å². The van der Waals surface area contributed by atoms with Crippen LogP contribution in [0.15, 0.2) is 56.0 Å². The Bertz CT molecular complexity index is 915. The first-order valence-corrected chi connectivity index (χ1v) is 9.36. The van der Waals surface area contributed by atoms with Crippen molar-refractivity contribution in [3.05, 3.63) is 68.0 Å². The summed E-state index contributed by atoms with van der Waals surface area (Å²) in [5, 5.41) is 0. The summed E-state index contributed by atoms with van der Waals surface area (Å²) in [6.07, 6.45) is 1.62. The van der Waals surface area contributed by atoms with Crippen molar-refractivity contribution in [2.45, 2.75) is 20.0 Å². The van der Waals surface area contributed by atoms with Crippen molar-refractivity contribution in [3.63, 3.8) is 0 Å². The highest BCUT2D eigenvalue weighted by atomic mass is 79.9. The third-order valence-electron chi connectivity index (χ3n) is 3.37. The molecule has 0 aliphatic carbocycles. The molecule has 2 aromatic carbocycles. The van der Waals surface area contributed by atoms with Crippen LogP contribution in [-0.2, 0) is 9.53 Å². The van der Waals surface area contributed by atoms with Crippen molar-refractivity contribution in [1.29, 1.82) is 0 Å². The zero-order chi connectivity index (χ0) is 18.8. The normalized spacial score (nSPS) is 15.4. The molecule has 0 fully saturated rings. The molecule has 134 valence electrons. The minimum Gasteiger partial charge on any atom is -0.489 e. The lowest BCUT2D eigenvalue weighted by Crippen LogP contribution is -2.06. The Morgan fingerprint density at radius 3 is 2.50 bits per heavy atom. The lowest BCUT2D eigenvalue weighted by Gasteiger charge is -2.14. The van der Waals surface area contributed by atoms with Gasteiger partial charge in [0.15, 0.2) is 5.70 Å². The molecule has 0 aromatic heterocycles. The van der Waals surface area contributed by atoms with Gasteiger partial charge in [-0.1, -0.05) is 6.07 Å². The van der Waals surface area contributed by atoms with Crippen LogP contribution in [0.4, 0.5) is 4.39 Å². The van der Waals surface area contributed by atoms with Gasteiger partial charge in [0.1, 0.15) is 11.6 Å². The van der Waals surface area contributed by atoms with Crippen LogP contribution in [0.5, 0.6) is 5.75 Å². The quantitative estimate of drug-likeness (QED) is 0.428. The molecule has 2 aromatic rings. The SMILES string of the molecule is CC(C)Oc1c(Br)cc(/C=C2\N=C(c3cccc(F)c3)OC2=O)cc1Br. The largest absolute Gasteiger partial charge is 0.489 e. The number of esters is 1. The molecule has 0 radical (unpaired) electrons. The van der Waals surface area contributed by atoms with E-state index in [-0.39, 0.29) is 17.7 Å². The number of halogens is 3. The number of cyclic esters (lactones) is 1. The molecule has 0 atom stereocenters. The van der Waals surface area contributed by atoms with Crippen molar-refractivity contribution < 1.29 is 18.7 Å². The fourth-order valence-corrected chi connectivity index (χ4v) is 3.73. The van der Waals surface area contributed by atoms with Gasteiger partial charge in [-0.15, -0.1) is 0 Å². The summed E-state index contributed by atoms with van der Waals surface area (Å²) < 4.78 is 25.7. The van der Waals surface area contributed by atoms with E-state index >= 15 is 0 Å². The van der Waals surface area contributed by atoms with E-state index < -0.39 is 11.8 Å². The van der Waals surface area contributed by atoms with Crippen LogP contribution < -0.4 is 4.74 Å². The first kappa shape index (κ1) is 18.8. The summed E-state index contributed by atoms with van der Waals surface area (Å²) in [7, 11) is 0. The number of rotatable bonds is 4. The van der Waals surface area contributed by atoms with Gasteiger partial charge in [0.05, 0.1) is 15.0 Å². The molecule has 26 heavy (non-hydrogen) atoms. The summed E-state index contributed by atoms with van der Waals surface area (Å²) in [5.74, 6) is -0.245. The molecule has 1 aliphatic rings. The van der Waals surface area contributed by atoms with E-state index in [0.29, 0.717) is 11.3 Å². The van der Waals surface area contributed by atoms with Crippen LogP contribution in [0.1, 0.15) is 25.0 Å². The molecule has 4 nitrogen and oxygen atoms in total. The second-order valence-electron chi connectivity index (χ2n) is 5.83. The van der Waals surface area contributed by atoms with Gasteiger partial charge in [-0.05, 0) is 87.7 Å². The number of carbonyl (C=O) groups is 1. The van der Waals surface area contributed by atoms with Crippen molar-refractivity contribution >= 4 is 49.8 Å². The van der Waals surface area contributed by atoms with E-state index in [1.54, 1.807) is 12.1 Å². The summed E-state index contributed by atoms with van der Waals surface area (Å²) in [5.41, 5.74) is 1.28. The van der Waals surface area contributed by atoms with Gasteiger partial charge >= 0.3 is 5.97 Å². The number of hydrogen-bond donors (Lipinski definition) is 0. The predicted molar refractivity (Wildman–Crippen MR) is 105 cm³/mol. The monoisotopic (exact) mass is 481 g/mol. The van der Waals surface area contributed by atoms with E-state index in [9.17, 15) is 9.18 Å². The highest BCUT2D eigenvalue weighted by molar-refractivity contribution is 9.11. The zero-order valence-corrected chi connectivity index (χ0v) is 17.1. The fourth-order valence-electron chi connectivity index (χ4n) is 2.32. The molecule has 1 aliphatic heterocycles. The Morgan fingerprint density at radius 2 is 1.88 bits per heavy atom. The molecule has 0 N–H and O–H groups in total. The topological polar surface area (TPSA) is 47.9 Å². The van der Waals surface area contributed by atoms with E-state index in [0.717, 1.165) is 14.5 Å². The van der Waals surface area contributed by atoms with Crippen LogP contribution in [0, 0.1) is 5.82 Å². The molecule has 0 saturated carbocycles. The Hall–Kier alpha value is -1.99. The molecule has 3 rings (SSSR count). The van der Waals surface area contributed by atoms with Gasteiger partial charge in [0.25, 0.3) is 0 Å². The van der Waals surface area contributed by atoms with Crippen molar-refractivity contribution in [1.82, 2.24) is 0 Å². The average Bonchev–Trinajstić information content (AvgIpc) is 2.92. The van der Waals surface area contributed by atoms with Crippen LogP contribution in [-0.4, -0.2) is 18.0 Å². The molecule has 0 unspecified atom stereocenters. The van der Waals surface area contributed by atoms with E-state index in [1.165, 1.54) is 18.2 Å². The third-order valence-corrected chi connectivity index (χ3v) is 4.55. The van der Waals surface area contributed by atoms with Gasteiger partial charge in [0.2, 0.25) is 5.90 Å². The second kappa shape index (κ2) is 7.72. The van der Waals surface area contributed by atoms with Crippen molar-refractivity contribution in [3.8, 4) is 5.75 Å². The summed E-state index contributed by atoms with van der Waals surface area (Å²) in [6.45, 7) is 3.87. The van der Waals surface area contributed by atoms with Crippen LogP contribution >= 0.6 is 31.9 Å². The Morgan fingerprint density at radius 1 is 1.19 bits per heavy atom. The molecule has 1 heterocycles. The highest BCUT2D eigenvalue weighted by Crippen LogP contribution is 2.36. The van der Waals surface area contributed by atoms with Gasteiger partial charge < -0.3 is 9.47 Å². The molecule has 0 spiro atoms. The third kappa shape index (κ3) is 4.22. The number of benzene rings is 2. The predicted octanol–water partition coefficient (Wildman–Crippen LogP) is 5.48. The minimum absolute atomic E-state index is 0.0232. The van der Waals surface area contributed by atoms with Crippen LogP contribution in [0.3, 0.4) is 0 Å². The standard InChI is InChI=1S/C19H14Br2FNO3/c1-10(2)25-17-14(20)6-11(7-15(17)21)8-16-19(24)26-18(23-16)12-4-3-5-13(22)9-12/h3-10H,1-2H3/b16-8-. The molecule has 0 amide bonds. The van der Waals surface area contributed by atoms with E-state index in [2.05, 4.69) is 36.9 Å². The summed E-state index contributed by atoms with van der Waals surface area (Å²) in [6, 6.07) is 9.37. The smallest absolute Gasteiger partial charge is 0.363 e. The fraction of sp³-hybridized carbons (Fsp3) is 0.158. The first-order valence-electron chi connectivity index (χ1n) is 7.77. The number of aliphatic imine (C=N–C) groups is 1. The maximum Gasteiger partial charge on any atom is 0.363 e. The summed E-state index contributed by atoms with van der Waals surface area (Å²) >= 11 is 6.94. The first-order chi connectivity index (χ1) is 12.3. The van der Waals surface area contributed by atoms with Gasteiger partial charge in [-0.2, -0.15) is 0 Å². The Labute approximate surface area is 167 Å². The maximum atomic E-state index is 13.3. The van der Waals surface area contributed by atoms with Crippen molar-refractivity contribution in [2.75, 3.05) is 0 Å². The van der Waals surface area contributed by atoms with E-state index in [1.807, 2.05) is 26.0 Å². The molecular weight excluding hydrogens is 469 g/mol.